The van der Waals surface area contributed by atoms with Gasteiger partial charge in [-0.15, -0.1) is 23.1 Å². The molecule has 11 heteroatoms. The van der Waals surface area contributed by atoms with Gasteiger partial charge in [-0.25, -0.2) is 9.59 Å². The van der Waals surface area contributed by atoms with Crippen molar-refractivity contribution in [1.82, 2.24) is 4.90 Å². The summed E-state index contributed by atoms with van der Waals surface area (Å²) in [4.78, 5) is 55.6. The molecular formula is C34H41N3O6S2. The predicted octanol–water partition coefficient (Wildman–Crippen LogP) is 7.82. The fourth-order valence-electron chi connectivity index (χ4n) is 4.82. The van der Waals surface area contributed by atoms with Crippen LogP contribution in [0.1, 0.15) is 85.5 Å². The second-order valence-electron chi connectivity index (χ2n) is 11.7. The smallest absolute Gasteiger partial charge is 0.410 e. The van der Waals surface area contributed by atoms with Gasteiger partial charge in [0.25, 0.3) is 0 Å². The minimum Gasteiger partial charge on any atom is -0.462 e. The maximum absolute atomic E-state index is 14.0. The lowest BCUT2D eigenvalue weighted by Crippen LogP contribution is -2.39. The van der Waals surface area contributed by atoms with Gasteiger partial charge in [-0.05, 0) is 69.9 Å². The Morgan fingerprint density at radius 1 is 1.02 bits per heavy atom. The van der Waals surface area contributed by atoms with Crippen LogP contribution in [0.4, 0.5) is 15.5 Å². The second kappa shape index (κ2) is 15.4. The second-order valence-corrected chi connectivity index (χ2v) is 13.9. The van der Waals surface area contributed by atoms with E-state index in [1.807, 2.05) is 82.3 Å². The molecule has 240 valence electrons. The van der Waals surface area contributed by atoms with Crippen molar-refractivity contribution in [3.05, 3.63) is 76.2 Å². The number of unbranched alkanes of at least 4 members (excludes halogenated alkanes) is 1. The summed E-state index contributed by atoms with van der Waals surface area (Å²) in [7, 11) is 0. The van der Waals surface area contributed by atoms with Gasteiger partial charge in [0.1, 0.15) is 15.9 Å². The van der Waals surface area contributed by atoms with E-state index < -0.39 is 22.9 Å². The zero-order valence-electron chi connectivity index (χ0n) is 26.4. The number of nitrogens with zero attached hydrogens (tertiary/aromatic N) is 1. The average Bonchev–Trinajstić information content (AvgIpc) is 3.35. The first-order valence-electron chi connectivity index (χ1n) is 15.2. The van der Waals surface area contributed by atoms with Crippen LogP contribution >= 0.6 is 23.1 Å². The Balaban J connectivity index is 1.61. The number of esters is 1. The normalized spacial score (nSPS) is 13.4. The number of carbonyl (C=O) groups excluding carboxylic acids is 4. The third-order valence-electron chi connectivity index (χ3n) is 6.89. The highest BCUT2D eigenvalue weighted by molar-refractivity contribution is 8.00. The largest absolute Gasteiger partial charge is 0.462 e. The van der Waals surface area contributed by atoms with Crippen LogP contribution in [-0.2, 0) is 32.0 Å². The summed E-state index contributed by atoms with van der Waals surface area (Å²) in [5.74, 6) is -0.863. The van der Waals surface area contributed by atoms with E-state index in [-0.39, 0.29) is 25.0 Å². The molecule has 2 heterocycles. The third-order valence-corrected chi connectivity index (χ3v) is 9.27. The molecule has 3 amide bonds. The number of thioether (sulfide) groups is 1. The number of ether oxygens (including phenoxy) is 2. The lowest BCUT2D eigenvalue weighted by atomic mass is 10.0. The maximum Gasteiger partial charge on any atom is 0.410 e. The highest BCUT2D eigenvalue weighted by Crippen LogP contribution is 2.41. The van der Waals surface area contributed by atoms with Crippen molar-refractivity contribution in [3.63, 3.8) is 0 Å². The number of hydrogen-bond acceptors (Lipinski definition) is 8. The molecule has 0 spiro atoms. The zero-order valence-corrected chi connectivity index (χ0v) is 28.1. The Kier molecular flexibility index (Phi) is 11.7. The molecule has 0 saturated heterocycles. The molecule has 1 atom stereocenters. The first-order chi connectivity index (χ1) is 21.5. The Morgan fingerprint density at radius 3 is 2.47 bits per heavy atom. The molecule has 1 unspecified atom stereocenters. The van der Waals surface area contributed by atoms with Gasteiger partial charge in [-0.2, -0.15) is 0 Å². The predicted molar refractivity (Wildman–Crippen MR) is 179 cm³/mol. The summed E-state index contributed by atoms with van der Waals surface area (Å²) in [6.07, 6.45) is 2.21. The summed E-state index contributed by atoms with van der Waals surface area (Å²) < 4.78 is 11.0. The van der Waals surface area contributed by atoms with E-state index in [0.29, 0.717) is 35.6 Å². The lowest BCUT2D eigenvalue weighted by Gasteiger charge is -2.30. The number of anilines is 2. The van der Waals surface area contributed by atoms with E-state index in [0.717, 1.165) is 33.7 Å². The van der Waals surface area contributed by atoms with Crippen molar-refractivity contribution < 1.29 is 28.7 Å². The molecule has 9 nitrogen and oxygen atoms in total. The molecule has 4 rings (SSSR count). The molecule has 0 bridgehead atoms. The molecule has 45 heavy (non-hydrogen) atoms. The number of benzene rings is 2. The minimum atomic E-state index is -0.662. The standard InChI is InChI=1S/C34H41N3O6S2/c1-6-8-17-27(38)35-23-15-12-16-24(20-23)44-29(22-13-10-9-11-14-22)30(39)36-31-28(32(40)42-7-2)25-18-19-37(21-26(25)45-31)33(41)43-34(3,4)5/h9-16,20,29H,6-8,17-19,21H2,1-5H3,(H,35,38)(H,36,39). The SMILES string of the molecule is CCCCC(=O)Nc1cccc(SC(C(=O)Nc2sc3c(c2C(=O)OCC)CCN(C(=O)OC(C)(C)C)C3)c2ccccc2)c1. The summed E-state index contributed by atoms with van der Waals surface area (Å²) in [6.45, 7) is 10.1. The third kappa shape index (κ3) is 9.34. The Labute approximate surface area is 273 Å². The summed E-state index contributed by atoms with van der Waals surface area (Å²) >= 11 is 2.63. The molecule has 0 fully saturated rings. The number of carbonyl (C=O) groups is 4. The summed E-state index contributed by atoms with van der Waals surface area (Å²) in [6, 6.07) is 16.8. The van der Waals surface area contributed by atoms with Gasteiger partial charge < -0.3 is 25.0 Å². The molecule has 3 aromatic rings. The van der Waals surface area contributed by atoms with E-state index >= 15 is 0 Å². The van der Waals surface area contributed by atoms with Gasteiger partial charge in [0.05, 0.1) is 18.7 Å². The van der Waals surface area contributed by atoms with Crippen LogP contribution in [0, 0.1) is 0 Å². The first-order valence-corrected chi connectivity index (χ1v) is 16.9. The number of rotatable bonds is 11. The van der Waals surface area contributed by atoms with Crippen LogP contribution in [0.15, 0.2) is 59.5 Å². The quantitative estimate of drug-likeness (QED) is 0.161. The van der Waals surface area contributed by atoms with Crippen molar-refractivity contribution in [3.8, 4) is 0 Å². The van der Waals surface area contributed by atoms with Crippen LogP contribution in [-0.4, -0.2) is 47.5 Å². The van der Waals surface area contributed by atoms with Gasteiger partial charge in [-0.1, -0.05) is 49.7 Å². The van der Waals surface area contributed by atoms with Crippen molar-refractivity contribution >= 4 is 57.7 Å². The van der Waals surface area contributed by atoms with Crippen molar-refractivity contribution in [2.45, 2.75) is 82.6 Å². The van der Waals surface area contributed by atoms with Gasteiger partial charge >= 0.3 is 12.1 Å². The highest BCUT2D eigenvalue weighted by atomic mass is 32.2. The molecule has 1 aliphatic rings. The summed E-state index contributed by atoms with van der Waals surface area (Å²) in [5.41, 5.74) is 1.93. The van der Waals surface area contributed by atoms with Gasteiger partial charge in [0, 0.05) is 28.4 Å². The average molecular weight is 652 g/mol. The van der Waals surface area contributed by atoms with Gasteiger partial charge in [-0.3, -0.25) is 9.59 Å². The molecule has 2 N–H and O–H groups in total. The molecule has 1 aromatic heterocycles. The zero-order chi connectivity index (χ0) is 32.6. The number of thiophene rings is 1. The first kappa shape index (κ1) is 34.1. The van der Waals surface area contributed by atoms with Crippen LogP contribution in [0.25, 0.3) is 0 Å². The summed E-state index contributed by atoms with van der Waals surface area (Å²) in [5, 5.41) is 5.71. The van der Waals surface area contributed by atoms with Crippen LogP contribution in [0.5, 0.6) is 0 Å². The molecular weight excluding hydrogens is 611 g/mol. The van der Waals surface area contributed by atoms with Crippen molar-refractivity contribution in [2.24, 2.45) is 0 Å². The van der Waals surface area contributed by atoms with Crippen LogP contribution in [0.2, 0.25) is 0 Å². The lowest BCUT2D eigenvalue weighted by molar-refractivity contribution is -0.116. The molecule has 2 aromatic carbocycles. The number of fused-ring (bicyclic) bond motifs is 1. The maximum atomic E-state index is 14.0. The number of nitrogens with one attached hydrogen (secondary N) is 2. The van der Waals surface area contributed by atoms with E-state index in [1.165, 1.54) is 23.1 Å². The Morgan fingerprint density at radius 2 is 1.78 bits per heavy atom. The van der Waals surface area contributed by atoms with Crippen LogP contribution in [0.3, 0.4) is 0 Å². The molecule has 1 aliphatic heterocycles. The molecule has 0 aliphatic carbocycles. The van der Waals surface area contributed by atoms with E-state index in [9.17, 15) is 19.2 Å². The van der Waals surface area contributed by atoms with Crippen molar-refractivity contribution in [2.75, 3.05) is 23.8 Å². The topological polar surface area (TPSA) is 114 Å². The molecule has 0 radical (unpaired) electrons. The van der Waals surface area contributed by atoms with E-state index in [4.69, 9.17) is 9.47 Å². The Bertz CT molecular complexity index is 1520. The number of amides is 3. The number of hydrogen-bond donors (Lipinski definition) is 2. The molecule has 0 saturated carbocycles. The van der Waals surface area contributed by atoms with Gasteiger partial charge in [0.2, 0.25) is 11.8 Å². The highest BCUT2D eigenvalue weighted by Gasteiger charge is 2.34. The Hall–Kier alpha value is -3.83. The minimum absolute atomic E-state index is 0.0465. The van der Waals surface area contributed by atoms with Gasteiger partial charge in [0.15, 0.2) is 0 Å². The monoisotopic (exact) mass is 651 g/mol. The van der Waals surface area contributed by atoms with Crippen molar-refractivity contribution in [1.29, 1.82) is 0 Å². The fourth-order valence-corrected chi connectivity index (χ4v) is 7.15. The van der Waals surface area contributed by atoms with E-state index in [2.05, 4.69) is 10.6 Å². The van der Waals surface area contributed by atoms with E-state index in [1.54, 1.807) is 11.8 Å². The fraction of sp³-hybridized carbons (Fsp3) is 0.412. The van der Waals surface area contributed by atoms with Crippen LogP contribution < -0.4 is 10.6 Å².